The number of ether oxygens (including phenoxy) is 1. The Bertz CT molecular complexity index is 340. The molecule has 2 unspecified atom stereocenters. The Morgan fingerprint density at radius 1 is 1.65 bits per heavy atom. The second-order valence-electron chi connectivity index (χ2n) is 4.11. The van der Waals surface area contributed by atoms with Gasteiger partial charge in [0.1, 0.15) is 6.04 Å². The fourth-order valence-electron chi connectivity index (χ4n) is 1.69. The van der Waals surface area contributed by atoms with Crippen molar-refractivity contribution in [1.29, 1.82) is 0 Å². The Balaban J connectivity index is 2.59. The second kappa shape index (κ2) is 6.74. The van der Waals surface area contributed by atoms with Crippen molar-refractivity contribution < 1.29 is 14.6 Å². The van der Waals surface area contributed by atoms with Crippen LogP contribution >= 0.6 is 11.3 Å². The summed E-state index contributed by atoms with van der Waals surface area (Å²) >= 11 is 1.70. The highest BCUT2D eigenvalue weighted by molar-refractivity contribution is 7.09. The number of carbonyl (C=O) groups is 1. The number of thiophene rings is 1. The van der Waals surface area contributed by atoms with Crippen molar-refractivity contribution in [3.8, 4) is 0 Å². The molecule has 1 heterocycles. The maximum atomic E-state index is 11.1. The van der Waals surface area contributed by atoms with Gasteiger partial charge in [0.15, 0.2) is 0 Å². The summed E-state index contributed by atoms with van der Waals surface area (Å²) in [6.07, 6.45) is 0.863. The molecule has 0 aliphatic heterocycles. The van der Waals surface area contributed by atoms with Gasteiger partial charge in [0.05, 0.1) is 6.61 Å². The van der Waals surface area contributed by atoms with Gasteiger partial charge in [-0.1, -0.05) is 6.07 Å². The van der Waals surface area contributed by atoms with Crippen molar-refractivity contribution >= 4 is 17.3 Å². The summed E-state index contributed by atoms with van der Waals surface area (Å²) in [6, 6.07) is 3.66. The van der Waals surface area contributed by atoms with Crippen LogP contribution in [0.2, 0.25) is 0 Å². The first kappa shape index (κ1) is 14.2. The van der Waals surface area contributed by atoms with Crippen LogP contribution in [0.15, 0.2) is 17.5 Å². The number of rotatable bonds is 7. The van der Waals surface area contributed by atoms with Crippen molar-refractivity contribution in [3.05, 3.63) is 22.4 Å². The Hall–Kier alpha value is -0.910. The SMILES string of the molecule is COCC(C(=O)O)N(C)C(C)Cc1cccs1. The molecule has 0 amide bonds. The van der Waals surface area contributed by atoms with E-state index < -0.39 is 12.0 Å². The zero-order valence-corrected chi connectivity index (χ0v) is 11.2. The van der Waals surface area contributed by atoms with E-state index in [4.69, 9.17) is 9.84 Å². The molecule has 4 nitrogen and oxygen atoms in total. The monoisotopic (exact) mass is 257 g/mol. The lowest BCUT2D eigenvalue weighted by Crippen LogP contribution is -2.47. The molecular formula is C12H19NO3S. The normalized spacial score (nSPS) is 14.8. The fraction of sp³-hybridized carbons (Fsp3) is 0.583. The summed E-state index contributed by atoms with van der Waals surface area (Å²) in [6.45, 7) is 2.24. The molecule has 17 heavy (non-hydrogen) atoms. The highest BCUT2D eigenvalue weighted by Gasteiger charge is 2.26. The van der Waals surface area contributed by atoms with Crippen molar-refractivity contribution in [2.75, 3.05) is 20.8 Å². The zero-order valence-electron chi connectivity index (χ0n) is 10.4. The van der Waals surface area contributed by atoms with Gasteiger partial charge in [0.25, 0.3) is 0 Å². The predicted octanol–water partition coefficient (Wildman–Crippen LogP) is 1.71. The zero-order chi connectivity index (χ0) is 12.8. The second-order valence-corrected chi connectivity index (χ2v) is 5.14. The third-order valence-corrected chi connectivity index (χ3v) is 3.77. The van der Waals surface area contributed by atoms with Gasteiger partial charge in [-0.3, -0.25) is 9.69 Å². The maximum Gasteiger partial charge on any atom is 0.323 e. The molecule has 1 rings (SSSR count). The fourth-order valence-corrected chi connectivity index (χ4v) is 2.52. The molecule has 0 aromatic carbocycles. The van der Waals surface area contributed by atoms with E-state index in [1.807, 2.05) is 30.3 Å². The van der Waals surface area contributed by atoms with Gasteiger partial charge in [-0.05, 0) is 31.8 Å². The minimum atomic E-state index is -0.840. The minimum Gasteiger partial charge on any atom is -0.480 e. The minimum absolute atomic E-state index is 0.171. The molecule has 0 aliphatic carbocycles. The molecule has 5 heteroatoms. The van der Waals surface area contributed by atoms with Crippen LogP contribution < -0.4 is 0 Å². The molecule has 1 N–H and O–H groups in total. The molecule has 0 saturated heterocycles. The average molecular weight is 257 g/mol. The summed E-state index contributed by atoms with van der Waals surface area (Å²) in [5, 5.41) is 11.2. The van der Waals surface area contributed by atoms with Crippen LogP contribution in [0.4, 0.5) is 0 Å². The number of carboxylic acid groups (broad SMARTS) is 1. The summed E-state index contributed by atoms with van der Waals surface area (Å²) < 4.78 is 4.95. The number of hydrogen-bond acceptors (Lipinski definition) is 4. The molecule has 0 spiro atoms. The lowest BCUT2D eigenvalue weighted by atomic mass is 10.1. The molecule has 96 valence electrons. The highest BCUT2D eigenvalue weighted by Crippen LogP contribution is 2.15. The number of aliphatic carboxylic acids is 1. The lowest BCUT2D eigenvalue weighted by Gasteiger charge is -2.29. The van der Waals surface area contributed by atoms with E-state index in [1.165, 1.54) is 12.0 Å². The molecule has 0 radical (unpaired) electrons. The highest BCUT2D eigenvalue weighted by atomic mass is 32.1. The van der Waals surface area contributed by atoms with Gasteiger partial charge in [0.2, 0.25) is 0 Å². The van der Waals surface area contributed by atoms with Gasteiger partial charge >= 0.3 is 5.97 Å². The Morgan fingerprint density at radius 2 is 2.35 bits per heavy atom. The molecule has 0 bridgehead atoms. The summed E-state index contributed by atoms with van der Waals surface area (Å²) in [5.74, 6) is -0.840. The van der Waals surface area contributed by atoms with E-state index in [2.05, 4.69) is 6.07 Å². The standard InChI is InChI=1S/C12H19NO3S/c1-9(7-10-5-4-6-17-10)13(2)11(8-16-3)12(14)15/h4-6,9,11H,7-8H2,1-3H3,(H,14,15). The van der Waals surface area contributed by atoms with Crippen LogP contribution in [0.25, 0.3) is 0 Å². The van der Waals surface area contributed by atoms with E-state index >= 15 is 0 Å². The average Bonchev–Trinajstić information content (AvgIpc) is 2.77. The van der Waals surface area contributed by atoms with Crippen LogP contribution in [0, 0.1) is 0 Å². The van der Waals surface area contributed by atoms with Gasteiger partial charge in [-0.2, -0.15) is 0 Å². The molecule has 0 saturated carbocycles. The third kappa shape index (κ3) is 4.11. The van der Waals surface area contributed by atoms with Crippen LogP contribution in [0.1, 0.15) is 11.8 Å². The Kier molecular flexibility index (Phi) is 5.61. The van der Waals surface area contributed by atoms with Gasteiger partial charge in [0, 0.05) is 18.0 Å². The summed E-state index contributed by atoms with van der Waals surface area (Å²) in [5.41, 5.74) is 0. The van der Waals surface area contributed by atoms with Crippen LogP contribution in [-0.4, -0.2) is 48.8 Å². The van der Waals surface area contributed by atoms with E-state index in [0.717, 1.165) is 6.42 Å². The number of likely N-dealkylation sites (N-methyl/N-ethyl adjacent to an activating group) is 1. The number of carboxylic acids is 1. The van der Waals surface area contributed by atoms with Crippen LogP contribution in [-0.2, 0) is 16.0 Å². The van der Waals surface area contributed by atoms with E-state index in [-0.39, 0.29) is 12.6 Å². The third-order valence-electron chi connectivity index (χ3n) is 2.87. The molecule has 0 aliphatic rings. The van der Waals surface area contributed by atoms with Crippen LogP contribution in [0.5, 0.6) is 0 Å². The first-order chi connectivity index (χ1) is 8.06. The molecule has 1 aromatic heterocycles. The predicted molar refractivity (Wildman–Crippen MR) is 68.5 cm³/mol. The van der Waals surface area contributed by atoms with Crippen LogP contribution in [0.3, 0.4) is 0 Å². The Labute approximate surface area is 106 Å². The van der Waals surface area contributed by atoms with Crippen molar-refractivity contribution in [2.45, 2.75) is 25.4 Å². The van der Waals surface area contributed by atoms with E-state index in [0.29, 0.717) is 0 Å². The number of nitrogens with zero attached hydrogens (tertiary/aromatic N) is 1. The molecule has 2 atom stereocenters. The topological polar surface area (TPSA) is 49.8 Å². The van der Waals surface area contributed by atoms with E-state index in [1.54, 1.807) is 11.3 Å². The molecule has 0 fully saturated rings. The van der Waals surface area contributed by atoms with Gasteiger partial charge in [-0.15, -0.1) is 11.3 Å². The number of methoxy groups -OCH3 is 1. The van der Waals surface area contributed by atoms with Gasteiger partial charge < -0.3 is 9.84 Å². The first-order valence-electron chi connectivity index (χ1n) is 5.52. The smallest absolute Gasteiger partial charge is 0.323 e. The quantitative estimate of drug-likeness (QED) is 0.808. The van der Waals surface area contributed by atoms with E-state index in [9.17, 15) is 4.79 Å². The molecule has 1 aromatic rings. The number of hydrogen-bond donors (Lipinski definition) is 1. The summed E-state index contributed by atoms with van der Waals surface area (Å²) in [4.78, 5) is 14.2. The summed E-state index contributed by atoms with van der Waals surface area (Å²) in [7, 11) is 3.35. The lowest BCUT2D eigenvalue weighted by molar-refractivity contribution is -0.145. The van der Waals surface area contributed by atoms with Crippen molar-refractivity contribution in [1.82, 2.24) is 4.90 Å². The Morgan fingerprint density at radius 3 is 2.82 bits per heavy atom. The van der Waals surface area contributed by atoms with Crippen molar-refractivity contribution in [3.63, 3.8) is 0 Å². The van der Waals surface area contributed by atoms with Crippen molar-refractivity contribution in [2.24, 2.45) is 0 Å². The van der Waals surface area contributed by atoms with Gasteiger partial charge in [-0.25, -0.2) is 0 Å². The largest absolute Gasteiger partial charge is 0.480 e. The maximum absolute atomic E-state index is 11.1. The molecular weight excluding hydrogens is 238 g/mol. The first-order valence-corrected chi connectivity index (χ1v) is 6.40.